The summed E-state index contributed by atoms with van der Waals surface area (Å²) in [6.45, 7) is 3.87. The number of nitrogens with one attached hydrogen (secondary N) is 1. The molecular weight excluding hydrogens is 212 g/mol. The number of nitriles is 1. The van der Waals surface area contributed by atoms with Gasteiger partial charge in [-0.3, -0.25) is 4.68 Å². The molecule has 0 aliphatic heterocycles. The Bertz CT molecular complexity index is 573. The topological polar surface area (TPSA) is 53.6 Å². The van der Waals surface area contributed by atoms with E-state index in [1.807, 2.05) is 45.2 Å². The van der Waals surface area contributed by atoms with E-state index in [1.165, 1.54) is 5.56 Å². The Balaban J connectivity index is 2.36. The summed E-state index contributed by atoms with van der Waals surface area (Å²) in [5, 5.41) is 16.5. The van der Waals surface area contributed by atoms with Crippen molar-refractivity contribution in [2.75, 3.05) is 5.32 Å². The van der Waals surface area contributed by atoms with E-state index in [1.54, 1.807) is 4.68 Å². The molecule has 1 aromatic carbocycles. The second-order valence-corrected chi connectivity index (χ2v) is 4.04. The summed E-state index contributed by atoms with van der Waals surface area (Å²) < 4.78 is 1.69. The highest BCUT2D eigenvalue weighted by Gasteiger charge is 2.12. The molecule has 4 nitrogen and oxygen atoms in total. The van der Waals surface area contributed by atoms with Crippen LogP contribution >= 0.6 is 0 Å². The van der Waals surface area contributed by atoms with Crippen molar-refractivity contribution < 1.29 is 0 Å². The van der Waals surface area contributed by atoms with Gasteiger partial charge >= 0.3 is 0 Å². The van der Waals surface area contributed by atoms with Crippen LogP contribution in [0.1, 0.15) is 16.8 Å². The Kier molecular flexibility index (Phi) is 2.84. The molecule has 1 N–H and O–H groups in total. The predicted molar refractivity (Wildman–Crippen MR) is 67.1 cm³/mol. The molecule has 0 bridgehead atoms. The van der Waals surface area contributed by atoms with Gasteiger partial charge in [0.15, 0.2) is 0 Å². The first-order valence-electron chi connectivity index (χ1n) is 5.39. The zero-order valence-electron chi connectivity index (χ0n) is 10.2. The molecule has 0 spiro atoms. The minimum absolute atomic E-state index is 0.591. The minimum Gasteiger partial charge on any atom is -0.339 e. The number of rotatable bonds is 2. The fraction of sp³-hybridized carbons (Fsp3) is 0.231. The van der Waals surface area contributed by atoms with Crippen molar-refractivity contribution in [3.05, 3.63) is 41.1 Å². The molecule has 0 aliphatic carbocycles. The van der Waals surface area contributed by atoms with Crippen molar-refractivity contribution in [3.8, 4) is 6.07 Å². The van der Waals surface area contributed by atoms with Gasteiger partial charge < -0.3 is 5.32 Å². The highest BCUT2D eigenvalue weighted by molar-refractivity contribution is 5.64. The van der Waals surface area contributed by atoms with Crippen molar-refractivity contribution in [2.24, 2.45) is 7.05 Å². The second kappa shape index (κ2) is 4.30. The predicted octanol–water partition coefficient (Wildman–Crippen LogP) is 2.65. The Morgan fingerprint density at radius 1 is 1.24 bits per heavy atom. The van der Waals surface area contributed by atoms with E-state index in [4.69, 9.17) is 5.26 Å². The van der Waals surface area contributed by atoms with E-state index < -0.39 is 0 Å². The first-order valence-corrected chi connectivity index (χ1v) is 5.39. The molecule has 0 saturated carbocycles. The molecule has 2 aromatic rings. The Morgan fingerprint density at radius 2 is 1.88 bits per heavy atom. The number of hydrogen-bond acceptors (Lipinski definition) is 3. The fourth-order valence-electron chi connectivity index (χ4n) is 1.71. The van der Waals surface area contributed by atoms with Crippen LogP contribution in [-0.2, 0) is 7.05 Å². The number of hydrogen-bond donors (Lipinski definition) is 1. The van der Waals surface area contributed by atoms with Gasteiger partial charge in [0, 0.05) is 12.7 Å². The number of aromatic nitrogens is 2. The molecule has 2 rings (SSSR count). The lowest BCUT2D eigenvalue weighted by Gasteiger charge is -2.07. The highest BCUT2D eigenvalue weighted by Crippen LogP contribution is 2.22. The molecule has 0 saturated heterocycles. The molecule has 0 aliphatic rings. The van der Waals surface area contributed by atoms with E-state index >= 15 is 0 Å². The van der Waals surface area contributed by atoms with Crippen LogP contribution in [0, 0.1) is 25.2 Å². The van der Waals surface area contributed by atoms with Gasteiger partial charge in [-0.25, -0.2) is 0 Å². The summed E-state index contributed by atoms with van der Waals surface area (Å²) in [6, 6.07) is 10.2. The van der Waals surface area contributed by atoms with Crippen LogP contribution in [0.4, 0.5) is 11.5 Å². The lowest BCUT2D eigenvalue weighted by atomic mass is 10.2. The van der Waals surface area contributed by atoms with E-state index in [0.29, 0.717) is 5.56 Å². The van der Waals surface area contributed by atoms with Gasteiger partial charge in [-0.2, -0.15) is 10.4 Å². The maximum absolute atomic E-state index is 9.09. The quantitative estimate of drug-likeness (QED) is 0.856. The van der Waals surface area contributed by atoms with Gasteiger partial charge in [0.1, 0.15) is 17.5 Å². The SMILES string of the molecule is Cc1ccc(Nc2c(C#N)c(C)nn2C)cc1. The van der Waals surface area contributed by atoms with E-state index in [9.17, 15) is 0 Å². The van der Waals surface area contributed by atoms with Crippen molar-refractivity contribution >= 4 is 11.5 Å². The van der Waals surface area contributed by atoms with Gasteiger partial charge in [-0.1, -0.05) is 17.7 Å². The largest absolute Gasteiger partial charge is 0.339 e. The van der Waals surface area contributed by atoms with Crippen LogP contribution in [0.25, 0.3) is 0 Å². The molecule has 86 valence electrons. The van der Waals surface area contributed by atoms with Crippen molar-refractivity contribution in [3.63, 3.8) is 0 Å². The van der Waals surface area contributed by atoms with Crippen LogP contribution in [-0.4, -0.2) is 9.78 Å². The summed E-state index contributed by atoms with van der Waals surface area (Å²) in [6.07, 6.45) is 0. The zero-order chi connectivity index (χ0) is 12.4. The van der Waals surface area contributed by atoms with Crippen LogP contribution < -0.4 is 5.32 Å². The average molecular weight is 226 g/mol. The molecule has 1 heterocycles. The molecule has 0 amide bonds. The first-order chi connectivity index (χ1) is 8.11. The fourth-order valence-corrected chi connectivity index (χ4v) is 1.71. The van der Waals surface area contributed by atoms with E-state index in [-0.39, 0.29) is 0 Å². The Labute approximate surface area is 100 Å². The Hall–Kier alpha value is -2.28. The van der Waals surface area contributed by atoms with E-state index in [2.05, 4.69) is 16.5 Å². The number of anilines is 2. The smallest absolute Gasteiger partial charge is 0.146 e. The van der Waals surface area contributed by atoms with Crippen LogP contribution in [0.3, 0.4) is 0 Å². The third-order valence-corrected chi connectivity index (χ3v) is 2.65. The second-order valence-electron chi connectivity index (χ2n) is 4.04. The van der Waals surface area contributed by atoms with Crippen molar-refractivity contribution in [1.82, 2.24) is 9.78 Å². The summed E-state index contributed by atoms with van der Waals surface area (Å²) in [5.41, 5.74) is 3.49. The standard InChI is InChI=1S/C13H14N4/c1-9-4-6-11(7-5-9)15-13-12(8-14)10(2)16-17(13)3/h4-7,15H,1-3H3. The van der Waals surface area contributed by atoms with Gasteiger partial charge in [0.05, 0.1) is 5.69 Å². The maximum Gasteiger partial charge on any atom is 0.146 e. The lowest BCUT2D eigenvalue weighted by Crippen LogP contribution is -2.00. The van der Waals surface area contributed by atoms with Gasteiger partial charge in [0.2, 0.25) is 0 Å². The summed E-state index contributed by atoms with van der Waals surface area (Å²) in [7, 11) is 1.82. The Morgan fingerprint density at radius 3 is 2.47 bits per heavy atom. The van der Waals surface area contributed by atoms with E-state index in [0.717, 1.165) is 17.2 Å². The number of benzene rings is 1. The summed E-state index contributed by atoms with van der Waals surface area (Å²) in [4.78, 5) is 0. The molecular formula is C13H14N4. The molecule has 0 fully saturated rings. The van der Waals surface area contributed by atoms with Crippen molar-refractivity contribution in [1.29, 1.82) is 5.26 Å². The number of aryl methyl sites for hydroxylation is 3. The average Bonchev–Trinajstić information content (AvgIpc) is 2.57. The van der Waals surface area contributed by atoms with Crippen molar-refractivity contribution in [2.45, 2.75) is 13.8 Å². The number of nitrogens with zero attached hydrogens (tertiary/aromatic N) is 3. The third kappa shape index (κ3) is 2.13. The van der Waals surface area contributed by atoms with Gasteiger partial charge in [0.25, 0.3) is 0 Å². The third-order valence-electron chi connectivity index (χ3n) is 2.65. The first kappa shape index (κ1) is 11.2. The monoisotopic (exact) mass is 226 g/mol. The molecule has 0 unspecified atom stereocenters. The zero-order valence-corrected chi connectivity index (χ0v) is 10.2. The maximum atomic E-state index is 9.09. The molecule has 1 aromatic heterocycles. The molecule has 0 radical (unpaired) electrons. The summed E-state index contributed by atoms with van der Waals surface area (Å²) >= 11 is 0. The molecule has 17 heavy (non-hydrogen) atoms. The molecule has 0 atom stereocenters. The van der Waals surface area contributed by atoms with Crippen LogP contribution in [0.15, 0.2) is 24.3 Å². The van der Waals surface area contributed by atoms with Crippen LogP contribution in [0.2, 0.25) is 0 Å². The highest BCUT2D eigenvalue weighted by atomic mass is 15.3. The minimum atomic E-state index is 0.591. The van der Waals surface area contributed by atoms with Gasteiger partial charge in [-0.05, 0) is 26.0 Å². The summed E-state index contributed by atoms with van der Waals surface area (Å²) in [5.74, 6) is 0.730. The molecule has 4 heteroatoms. The lowest BCUT2D eigenvalue weighted by molar-refractivity contribution is 0.765. The van der Waals surface area contributed by atoms with Crippen LogP contribution in [0.5, 0.6) is 0 Å². The normalized spacial score (nSPS) is 10.0. The van der Waals surface area contributed by atoms with Gasteiger partial charge in [-0.15, -0.1) is 0 Å².